The lowest BCUT2D eigenvalue weighted by atomic mass is 9.94. The summed E-state index contributed by atoms with van der Waals surface area (Å²) >= 11 is 2.44. The number of hydrogen-bond acceptors (Lipinski definition) is 16. The molecule has 3 rings (SSSR count). The molecule has 13 N–H and O–H groups in total. The van der Waals surface area contributed by atoms with Crippen LogP contribution in [0.15, 0.2) is 36.4 Å². The Kier molecular flexibility index (Phi) is 24.9. The lowest BCUT2D eigenvalue weighted by Crippen LogP contribution is -2.59. The highest BCUT2D eigenvalue weighted by molar-refractivity contribution is 7.98. The van der Waals surface area contributed by atoms with E-state index in [1.165, 1.54) is 23.5 Å². The lowest BCUT2D eigenvalue weighted by Gasteiger charge is -2.27. The number of fused-ring (bicyclic) bond motifs is 2. The molecule has 1 aliphatic heterocycles. The fourth-order valence-corrected chi connectivity index (χ4v) is 9.82. The van der Waals surface area contributed by atoms with E-state index in [9.17, 15) is 87.9 Å². The van der Waals surface area contributed by atoms with Gasteiger partial charge >= 0.3 is 23.9 Å². The zero-order valence-electron chi connectivity index (χ0n) is 40.4. The van der Waals surface area contributed by atoms with Gasteiger partial charge in [-0.25, -0.2) is 0 Å². The van der Waals surface area contributed by atoms with E-state index >= 15 is 0 Å². The van der Waals surface area contributed by atoms with E-state index in [0.29, 0.717) is 0 Å². The molecule has 0 saturated heterocycles. The van der Waals surface area contributed by atoms with Crippen LogP contribution < -0.4 is 37.6 Å². The fourth-order valence-electron chi connectivity index (χ4n) is 7.54. The van der Waals surface area contributed by atoms with Crippen LogP contribution in [-0.4, -0.2) is 157 Å². The predicted octanol–water partition coefficient (Wildman–Crippen LogP) is -1.03. The van der Waals surface area contributed by atoms with Gasteiger partial charge in [0, 0.05) is 62.0 Å². The summed E-state index contributed by atoms with van der Waals surface area (Å²) in [6.07, 6.45) is -8.03. The second kappa shape index (κ2) is 30.2. The van der Waals surface area contributed by atoms with E-state index in [-0.39, 0.29) is 23.0 Å². The van der Waals surface area contributed by atoms with Crippen LogP contribution in [0.5, 0.6) is 0 Å². The number of benzene rings is 2. The van der Waals surface area contributed by atoms with Gasteiger partial charge in [0.1, 0.15) is 18.1 Å². The standard InChI is InChI=1S/C47H61N7O18S2/c1-23(55)42-47(72)49-18-37(59)51-31(7-10-38(60)61)35(57)16-30(43(48)68)21-73-19-28-13-25-5-3-4-6-26(25)14-29(28)20-74-22-34(50-24(2)56)36(58)15-27(17-41(66)67)44(69)52-32(8-11-39(62)63)45(70)53-33(46(71)54-42)9-12-40(64)65/h3-6,13-14,23,27,30-34,42,55H,7-12,15-22H2,1-2H3,(H2,48,68)(H,49,72)(H,50,56)(H,51,59)(H,52,69)(H,53,70)(H,54,71)(H,60,61)(H,62,63)(H,64,65)(H,66,67)/t23-,27+,30+,31+,32+,33+,34+,42+/m1/s1. The quantitative estimate of drug-likeness (QED) is 0.108. The number of nitrogens with one attached hydrogen (secondary N) is 6. The number of rotatable bonds is 14. The molecule has 1 heterocycles. The minimum absolute atomic E-state index is 0.00602. The van der Waals surface area contributed by atoms with Gasteiger partial charge < -0.3 is 63.2 Å². The molecule has 0 fully saturated rings. The van der Waals surface area contributed by atoms with Crippen molar-refractivity contribution in [2.75, 3.05) is 18.1 Å². The van der Waals surface area contributed by atoms with Crippen LogP contribution in [0.1, 0.15) is 82.8 Å². The van der Waals surface area contributed by atoms with E-state index in [2.05, 4.69) is 31.9 Å². The zero-order chi connectivity index (χ0) is 55.2. The third-order valence-electron chi connectivity index (χ3n) is 11.5. The molecule has 0 aromatic heterocycles. The number of carbonyl (C=O) groups is 13. The topological polar surface area (TPSA) is 421 Å². The van der Waals surface area contributed by atoms with Crippen molar-refractivity contribution in [3.8, 4) is 0 Å². The first-order valence-corrected chi connectivity index (χ1v) is 25.5. The van der Waals surface area contributed by atoms with Gasteiger partial charge in [-0.3, -0.25) is 62.3 Å². The molecule has 0 aliphatic carbocycles. The Morgan fingerprint density at radius 2 is 1.16 bits per heavy atom. The van der Waals surface area contributed by atoms with Crippen molar-refractivity contribution in [1.29, 1.82) is 0 Å². The number of carboxylic acids is 4. The molecular formula is C47H61N7O18S2. The van der Waals surface area contributed by atoms with Gasteiger partial charge in [0.15, 0.2) is 11.6 Å². The third-order valence-corrected chi connectivity index (χ3v) is 13.7. The van der Waals surface area contributed by atoms with Crippen molar-refractivity contribution >= 4 is 111 Å². The maximum atomic E-state index is 13.9. The highest BCUT2D eigenvalue weighted by Crippen LogP contribution is 2.29. The zero-order valence-corrected chi connectivity index (χ0v) is 42.1. The van der Waals surface area contributed by atoms with Gasteiger partial charge in [-0.2, -0.15) is 23.5 Å². The average molecular weight is 1080 g/mol. The summed E-state index contributed by atoms with van der Waals surface area (Å²) in [5, 5.41) is 63.9. The van der Waals surface area contributed by atoms with Gasteiger partial charge in [0.2, 0.25) is 41.4 Å². The molecular weight excluding hydrogens is 1010 g/mol. The molecule has 2 aromatic carbocycles. The predicted molar refractivity (Wildman–Crippen MR) is 265 cm³/mol. The summed E-state index contributed by atoms with van der Waals surface area (Å²) in [7, 11) is 0. The Hall–Kier alpha value is -7.13. The normalized spacial score (nSPS) is 23.3. The number of aliphatic hydroxyl groups excluding tert-OH is 1. The van der Waals surface area contributed by atoms with E-state index in [4.69, 9.17) is 5.73 Å². The number of carbonyl (C=O) groups excluding carboxylic acids is 9. The first-order valence-electron chi connectivity index (χ1n) is 23.2. The van der Waals surface area contributed by atoms with Crippen LogP contribution in [0, 0.1) is 11.8 Å². The van der Waals surface area contributed by atoms with Crippen LogP contribution in [-0.2, 0) is 73.8 Å². The molecule has 25 nitrogen and oxygen atoms in total. The van der Waals surface area contributed by atoms with Crippen molar-refractivity contribution in [3.05, 3.63) is 47.5 Å². The number of aliphatic carboxylic acids is 4. The molecule has 8 atom stereocenters. The Balaban J connectivity index is 2.12. The Morgan fingerprint density at radius 3 is 1.65 bits per heavy atom. The van der Waals surface area contributed by atoms with Gasteiger partial charge in [-0.1, -0.05) is 36.4 Å². The molecule has 0 spiro atoms. The number of primary amides is 1. The summed E-state index contributed by atoms with van der Waals surface area (Å²) in [5.74, 6) is -17.3. The van der Waals surface area contributed by atoms with Gasteiger partial charge in [0.05, 0.1) is 43.0 Å². The monoisotopic (exact) mass is 1080 g/mol. The molecule has 0 unspecified atom stereocenters. The maximum Gasteiger partial charge on any atom is 0.304 e. The van der Waals surface area contributed by atoms with Crippen LogP contribution >= 0.6 is 23.5 Å². The molecule has 404 valence electrons. The minimum Gasteiger partial charge on any atom is -0.481 e. The van der Waals surface area contributed by atoms with E-state index in [0.717, 1.165) is 35.7 Å². The van der Waals surface area contributed by atoms with Crippen LogP contribution in [0.3, 0.4) is 0 Å². The second-order valence-corrected chi connectivity index (χ2v) is 19.5. The van der Waals surface area contributed by atoms with Crippen LogP contribution in [0.2, 0.25) is 0 Å². The van der Waals surface area contributed by atoms with Crippen molar-refractivity contribution in [3.63, 3.8) is 0 Å². The smallest absolute Gasteiger partial charge is 0.304 e. The number of carboxylic acid groups (broad SMARTS) is 4. The van der Waals surface area contributed by atoms with Gasteiger partial charge in [-0.05, 0) is 48.1 Å². The molecule has 0 radical (unpaired) electrons. The largest absolute Gasteiger partial charge is 0.481 e. The van der Waals surface area contributed by atoms with E-state index in [1.54, 1.807) is 0 Å². The van der Waals surface area contributed by atoms with E-state index < -0.39 is 189 Å². The fraction of sp³-hybridized carbons (Fsp3) is 0.511. The maximum absolute atomic E-state index is 13.9. The minimum atomic E-state index is -1.92. The van der Waals surface area contributed by atoms with Crippen molar-refractivity contribution < 1.29 is 87.9 Å². The summed E-state index contributed by atoms with van der Waals surface area (Å²) < 4.78 is 0. The SMILES string of the molecule is CC(=O)N[C@H]1CSCc2cc3ccccc3cc2CSC[C@@H](C(N)=O)CC(=O)[C@H](CCC(=O)O)NC(=O)CNC(=O)[C@H]([C@@H](C)O)NC(=O)[C@H](CCC(=O)O)NC(=O)[C@H](CCC(=O)O)NC(=O)[C@H](CC(=O)O)CC1=O. The summed E-state index contributed by atoms with van der Waals surface area (Å²) in [6, 6.07) is 2.77. The number of ketones is 2. The number of amides is 7. The summed E-state index contributed by atoms with van der Waals surface area (Å²) in [4.78, 5) is 167. The molecule has 1 aliphatic rings. The first-order chi connectivity index (χ1) is 34.8. The van der Waals surface area contributed by atoms with Crippen LogP contribution in [0.25, 0.3) is 10.8 Å². The highest BCUT2D eigenvalue weighted by Gasteiger charge is 2.36. The third kappa shape index (κ3) is 21.1. The van der Waals surface area contributed by atoms with Crippen LogP contribution in [0.4, 0.5) is 0 Å². The Bertz CT molecular complexity index is 2460. The van der Waals surface area contributed by atoms with Gasteiger partial charge in [-0.15, -0.1) is 0 Å². The lowest BCUT2D eigenvalue weighted by molar-refractivity contribution is -0.143. The Morgan fingerprint density at radius 1 is 0.662 bits per heavy atom. The number of nitrogens with two attached hydrogens (primary N) is 1. The molecule has 27 heteroatoms. The van der Waals surface area contributed by atoms with Crippen molar-refractivity contribution in [2.45, 2.75) is 119 Å². The molecule has 2 aromatic rings. The number of hydrogen-bond donors (Lipinski definition) is 12. The molecule has 0 saturated carbocycles. The Labute approximate surface area is 432 Å². The molecule has 7 amide bonds. The number of Topliss-reactive ketones (excluding diaryl/α,β-unsaturated/α-hetero) is 2. The average Bonchev–Trinajstić information content (AvgIpc) is 3.31. The summed E-state index contributed by atoms with van der Waals surface area (Å²) in [6.45, 7) is 1.26. The number of thioether (sulfide) groups is 2. The van der Waals surface area contributed by atoms with Crippen molar-refractivity contribution in [2.24, 2.45) is 17.6 Å². The highest BCUT2D eigenvalue weighted by atomic mass is 32.2. The first kappa shape index (κ1) is 61.2. The van der Waals surface area contributed by atoms with E-state index in [1.807, 2.05) is 36.4 Å². The number of aliphatic hydroxyl groups is 1. The second-order valence-electron chi connectivity index (χ2n) is 17.5. The summed E-state index contributed by atoms with van der Waals surface area (Å²) in [5.41, 5.74) is 7.27. The van der Waals surface area contributed by atoms with Crippen molar-refractivity contribution in [1.82, 2.24) is 31.9 Å². The molecule has 74 heavy (non-hydrogen) atoms. The van der Waals surface area contributed by atoms with Gasteiger partial charge in [0.25, 0.3) is 0 Å². The molecule has 0 bridgehead atoms.